The highest BCUT2D eigenvalue weighted by Crippen LogP contribution is 2.26. The zero-order chi connectivity index (χ0) is 15.8. The van der Waals surface area contributed by atoms with Gasteiger partial charge in [-0.05, 0) is 33.1 Å². The van der Waals surface area contributed by atoms with Crippen molar-refractivity contribution in [2.45, 2.75) is 52.0 Å². The van der Waals surface area contributed by atoms with Gasteiger partial charge in [0.15, 0.2) is 0 Å². The summed E-state index contributed by atoms with van der Waals surface area (Å²) in [5, 5.41) is 3.96. The van der Waals surface area contributed by atoms with Gasteiger partial charge in [-0.25, -0.2) is 14.4 Å². The van der Waals surface area contributed by atoms with Crippen molar-refractivity contribution in [2.75, 3.05) is 6.54 Å². The summed E-state index contributed by atoms with van der Waals surface area (Å²) in [5.74, 6) is -1.94. The molecule has 0 aliphatic carbocycles. The first-order valence-corrected chi connectivity index (χ1v) is 6.85. The summed E-state index contributed by atoms with van der Waals surface area (Å²) < 4.78 is 10.2. The molecule has 2 rings (SSSR count). The molecule has 0 radical (unpaired) electrons. The van der Waals surface area contributed by atoms with Crippen LogP contribution in [0.5, 0.6) is 0 Å². The topological polar surface area (TPSA) is 94.2 Å². The molecule has 2 fully saturated rings. The first-order chi connectivity index (χ1) is 9.65. The fourth-order valence-electron chi connectivity index (χ4n) is 2.36. The lowest BCUT2D eigenvalue weighted by Gasteiger charge is -2.43. The van der Waals surface area contributed by atoms with Crippen LogP contribution in [0.3, 0.4) is 0 Å². The highest BCUT2D eigenvalue weighted by atomic mass is 16.8. The molecule has 2 saturated heterocycles. The van der Waals surface area contributed by atoms with Gasteiger partial charge in [0, 0.05) is 6.54 Å². The van der Waals surface area contributed by atoms with Crippen LogP contribution in [0.1, 0.15) is 34.1 Å². The minimum atomic E-state index is -1.05. The van der Waals surface area contributed by atoms with E-state index in [0.717, 1.165) is 0 Å². The van der Waals surface area contributed by atoms with Crippen LogP contribution >= 0.6 is 0 Å². The van der Waals surface area contributed by atoms with E-state index in [1.54, 1.807) is 20.8 Å². The van der Waals surface area contributed by atoms with E-state index in [9.17, 15) is 14.4 Å². The van der Waals surface area contributed by atoms with Gasteiger partial charge in [-0.2, -0.15) is 0 Å². The Morgan fingerprint density at radius 2 is 2.00 bits per heavy atom. The molecular weight excluding hydrogens is 280 g/mol. The second-order valence-corrected chi connectivity index (χ2v) is 6.37. The third-order valence-electron chi connectivity index (χ3n) is 3.07. The third-order valence-corrected chi connectivity index (χ3v) is 3.07. The number of piperidine rings is 1. The van der Waals surface area contributed by atoms with Gasteiger partial charge < -0.3 is 19.6 Å². The van der Waals surface area contributed by atoms with Crippen molar-refractivity contribution in [1.29, 1.82) is 0 Å². The molecular formula is C13H20N2O6. The number of rotatable bonds is 1. The Hall–Kier alpha value is -1.83. The normalized spacial score (nSPS) is 30.0. The minimum absolute atomic E-state index is 0.158. The number of hydrogen-bond donors (Lipinski definition) is 1. The summed E-state index contributed by atoms with van der Waals surface area (Å²) in [6.45, 7) is 7.65. The van der Waals surface area contributed by atoms with Gasteiger partial charge in [0.2, 0.25) is 6.23 Å². The number of carbonyl (C=O) groups excluding carboxylic acids is 3. The van der Waals surface area contributed by atoms with E-state index in [2.05, 4.69) is 5.32 Å². The molecule has 8 heteroatoms. The van der Waals surface area contributed by atoms with Crippen molar-refractivity contribution in [3.8, 4) is 0 Å². The molecule has 8 nitrogen and oxygen atoms in total. The van der Waals surface area contributed by atoms with Crippen LogP contribution in [0, 0.1) is 5.92 Å². The minimum Gasteiger partial charge on any atom is -0.444 e. The predicted octanol–water partition coefficient (Wildman–Crippen LogP) is 0.563. The molecule has 0 aromatic heterocycles. The number of alkyl carbamates (subject to hydrolysis) is 1. The van der Waals surface area contributed by atoms with Gasteiger partial charge >= 0.3 is 18.0 Å². The third kappa shape index (κ3) is 3.84. The average molecular weight is 300 g/mol. The molecule has 2 aliphatic rings. The van der Waals surface area contributed by atoms with Crippen LogP contribution in [0.15, 0.2) is 0 Å². The van der Waals surface area contributed by atoms with Crippen LogP contribution < -0.4 is 5.32 Å². The SMILES string of the molecule is C[C@H]1C[C@H](NC(=O)OC(C)(C)C)C2OC(=O)C(=O)ON2C1. The summed E-state index contributed by atoms with van der Waals surface area (Å²) in [4.78, 5) is 39.3. The first-order valence-electron chi connectivity index (χ1n) is 6.85. The van der Waals surface area contributed by atoms with Crippen molar-refractivity contribution in [3.63, 3.8) is 0 Å². The van der Waals surface area contributed by atoms with E-state index in [0.29, 0.717) is 13.0 Å². The zero-order valence-electron chi connectivity index (χ0n) is 12.5. The largest absolute Gasteiger partial charge is 0.444 e. The van der Waals surface area contributed by atoms with Crippen molar-refractivity contribution < 1.29 is 28.7 Å². The molecule has 2 heterocycles. The number of nitrogens with one attached hydrogen (secondary N) is 1. The molecule has 1 amide bonds. The summed E-state index contributed by atoms with van der Waals surface area (Å²) in [7, 11) is 0. The maximum absolute atomic E-state index is 11.9. The van der Waals surface area contributed by atoms with E-state index in [1.165, 1.54) is 5.06 Å². The maximum Gasteiger partial charge on any atom is 0.436 e. The number of ether oxygens (including phenoxy) is 2. The van der Waals surface area contributed by atoms with E-state index in [1.807, 2.05) is 6.92 Å². The van der Waals surface area contributed by atoms with Crippen molar-refractivity contribution in [3.05, 3.63) is 0 Å². The molecule has 1 unspecified atom stereocenters. The Bertz CT molecular complexity index is 458. The van der Waals surface area contributed by atoms with Crippen LogP contribution in [-0.4, -0.2) is 47.5 Å². The van der Waals surface area contributed by atoms with E-state index >= 15 is 0 Å². The van der Waals surface area contributed by atoms with Gasteiger partial charge in [-0.15, -0.1) is 0 Å². The molecule has 21 heavy (non-hydrogen) atoms. The molecule has 2 aliphatic heterocycles. The highest BCUT2D eigenvalue weighted by molar-refractivity contribution is 6.29. The summed E-state index contributed by atoms with van der Waals surface area (Å²) in [6, 6.07) is -0.499. The van der Waals surface area contributed by atoms with Crippen LogP contribution in [0.2, 0.25) is 0 Å². The van der Waals surface area contributed by atoms with Crippen molar-refractivity contribution >= 4 is 18.0 Å². The number of amides is 1. The Balaban J connectivity index is 2.05. The van der Waals surface area contributed by atoms with Gasteiger partial charge in [0.25, 0.3) is 0 Å². The molecule has 0 saturated carbocycles. The predicted molar refractivity (Wildman–Crippen MR) is 69.6 cm³/mol. The van der Waals surface area contributed by atoms with Crippen LogP contribution in [0.25, 0.3) is 0 Å². The second-order valence-electron chi connectivity index (χ2n) is 6.37. The molecule has 0 aromatic carbocycles. The molecule has 118 valence electrons. The fourth-order valence-corrected chi connectivity index (χ4v) is 2.36. The lowest BCUT2D eigenvalue weighted by molar-refractivity contribution is -0.283. The number of nitrogens with zero attached hydrogens (tertiary/aromatic N) is 1. The van der Waals surface area contributed by atoms with E-state index < -0.39 is 35.9 Å². The fraction of sp³-hybridized carbons (Fsp3) is 0.769. The van der Waals surface area contributed by atoms with Crippen LogP contribution in [0.4, 0.5) is 4.79 Å². The molecule has 0 spiro atoms. The Labute approximate surface area is 122 Å². The van der Waals surface area contributed by atoms with Crippen LogP contribution in [-0.2, 0) is 23.9 Å². The maximum atomic E-state index is 11.9. The van der Waals surface area contributed by atoms with Crippen molar-refractivity contribution in [1.82, 2.24) is 10.4 Å². The number of carbonyl (C=O) groups is 3. The number of hydrogen-bond acceptors (Lipinski definition) is 7. The molecule has 1 N–H and O–H groups in total. The monoisotopic (exact) mass is 300 g/mol. The van der Waals surface area contributed by atoms with Gasteiger partial charge in [-0.3, -0.25) is 0 Å². The van der Waals surface area contributed by atoms with Crippen molar-refractivity contribution in [2.24, 2.45) is 5.92 Å². The quantitative estimate of drug-likeness (QED) is 0.558. The second kappa shape index (κ2) is 5.51. The lowest BCUT2D eigenvalue weighted by atomic mass is 9.95. The van der Waals surface area contributed by atoms with Gasteiger partial charge in [0.1, 0.15) is 5.60 Å². The Morgan fingerprint density at radius 3 is 2.62 bits per heavy atom. The molecule has 0 aromatic rings. The Kier molecular flexibility index (Phi) is 4.08. The van der Waals surface area contributed by atoms with Gasteiger partial charge in [0.05, 0.1) is 6.04 Å². The zero-order valence-corrected chi connectivity index (χ0v) is 12.5. The Morgan fingerprint density at radius 1 is 1.33 bits per heavy atom. The number of hydroxylamine groups is 2. The summed E-state index contributed by atoms with van der Waals surface area (Å²) in [6.07, 6.45) is -0.834. The standard InChI is InChI=1S/C13H20N2O6/c1-7-5-8(14-12(18)20-13(2,3)4)9-15(6-7)21-11(17)10(16)19-9/h7-9H,5-6H2,1-4H3,(H,14,18)/t7-,8-,9?/m0/s1. The van der Waals surface area contributed by atoms with Gasteiger partial charge in [-0.1, -0.05) is 12.0 Å². The first kappa shape index (κ1) is 15.6. The smallest absolute Gasteiger partial charge is 0.436 e. The number of fused-ring (bicyclic) bond motifs is 1. The highest BCUT2D eigenvalue weighted by Gasteiger charge is 2.46. The summed E-state index contributed by atoms with van der Waals surface area (Å²) >= 11 is 0. The summed E-state index contributed by atoms with van der Waals surface area (Å²) in [5.41, 5.74) is -0.625. The molecule has 0 bridgehead atoms. The van der Waals surface area contributed by atoms with E-state index in [4.69, 9.17) is 14.3 Å². The molecule has 3 atom stereocenters. The number of esters is 1. The van der Waals surface area contributed by atoms with E-state index in [-0.39, 0.29) is 5.92 Å². The average Bonchev–Trinajstić information content (AvgIpc) is 2.29. The lowest BCUT2D eigenvalue weighted by Crippen LogP contribution is -2.62.